The van der Waals surface area contributed by atoms with E-state index in [0.29, 0.717) is 5.71 Å². The summed E-state index contributed by atoms with van der Waals surface area (Å²) < 4.78 is 6.08. The number of ketones is 1. The Morgan fingerprint density at radius 3 is 2.28 bits per heavy atom. The first-order chi connectivity index (χ1) is 14.7. The molecule has 2 heterocycles. The molecule has 0 bridgehead atoms. The van der Waals surface area contributed by atoms with Gasteiger partial charge in [-0.25, -0.2) is 0 Å². The number of aryl methyl sites for hydroxylation is 3. The molecule has 0 spiro atoms. The molecule has 0 saturated carbocycles. The number of furan rings is 1. The number of hydrogen-bond donors (Lipinski definition) is 1. The van der Waals surface area contributed by atoms with E-state index in [2.05, 4.69) is 57.2 Å². The van der Waals surface area contributed by atoms with Crippen LogP contribution in [0.4, 0.5) is 0 Å². The summed E-state index contributed by atoms with van der Waals surface area (Å²) in [6.45, 7) is 9.08. The minimum atomic E-state index is -0.125. The fraction of sp³-hybridized carbons (Fsp3) is 0.185. The molecule has 32 heavy (non-hydrogen) atoms. The van der Waals surface area contributed by atoms with Crippen molar-refractivity contribution in [2.45, 2.75) is 34.6 Å². The number of rotatable bonds is 3. The van der Waals surface area contributed by atoms with E-state index < -0.39 is 0 Å². The summed E-state index contributed by atoms with van der Waals surface area (Å²) in [6, 6.07) is 21.9. The van der Waals surface area contributed by atoms with Crippen LogP contribution in [0.3, 0.4) is 0 Å². The van der Waals surface area contributed by atoms with Crippen molar-refractivity contribution in [3.05, 3.63) is 89.2 Å². The van der Waals surface area contributed by atoms with Crippen LogP contribution in [0, 0.1) is 26.8 Å². The molecule has 1 N–H and O–H groups in total. The third-order valence-electron chi connectivity index (χ3n) is 4.68. The number of aromatic nitrogens is 1. The van der Waals surface area contributed by atoms with Crippen molar-refractivity contribution in [2.24, 2.45) is 0 Å². The normalized spacial score (nSPS) is 10.8. The van der Waals surface area contributed by atoms with E-state index in [0.717, 1.165) is 39.1 Å². The SMILES string of the molecule is CC(=O)/C=C(/C)O.Cc1[c-]c(-c2ccc3c(C)c(-c4ccccc4)oc3n2)cc(C)c1.[Ir]. The predicted molar refractivity (Wildman–Crippen MR) is 125 cm³/mol. The Hall–Kier alpha value is -3.01. The zero-order valence-corrected chi connectivity index (χ0v) is 21.2. The molecule has 4 rings (SSSR count). The van der Waals surface area contributed by atoms with Crippen molar-refractivity contribution in [1.29, 1.82) is 0 Å². The standard InChI is InChI=1S/C22H18NO.C5H8O2.Ir/c1-14-11-15(2)13-18(12-14)20-10-9-19-16(3)21(24-22(19)23-20)17-7-5-4-6-8-17;1-4(6)3-5(2)7;/h4-12H,1-3H3;3,6H,1-2H3;/q-1;;/b;4-3-;. The maximum Gasteiger partial charge on any atom is 0.218 e. The number of pyridine rings is 1. The molecule has 4 aromatic rings. The third-order valence-corrected chi connectivity index (χ3v) is 4.68. The first-order valence-electron chi connectivity index (χ1n) is 10.1. The summed E-state index contributed by atoms with van der Waals surface area (Å²) in [4.78, 5) is 14.8. The summed E-state index contributed by atoms with van der Waals surface area (Å²) in [7, 11) is 0. The summed E-state index contributed by atoms with van der Waals surface area (Å²) >= 11 is 0. The molecule has 2 aromatic heterocycles. The van der Waals surface area contributed by atoms with E-state index in [9.17, 15) is 4.79 Å². The van der Waals surface area contributed by atoms with Gasteiger partial charge >= 0.3 is 0 Å². The van der Waals surface area contributed by atoms with E-state index in [1.807, 2.05) is 24.3 Å². The Morgan fingerprint density at radius 2 is 1.72 bits per heavy atom. The summed E-state index contributed by atoms with van der Waals surface area (Å²) in [6.07, 6.45) is 1.17. The summed E-state index contributed by atoms with van der Waals surface area (Å²) in [5.74, 6) is 0.826. The molecule has 0 fully saturated rings. The molecule has 0 amide bonds. The van der Waals surface area contributed by atoms with E-state index in [4.69, 9.17) is 14.5 Å². The summed E-state index contributed by atoms with van der Waals surface area (Å²) in [5.41, 5.74) is 7.10. The maximum atomic E-state index is 10.0. The van der Waals surface area contributed by atoms with Crippen LogP contribution in [0.2, 0.25) is 0 Å². The number of nitrogens with zero attached hydrogens (tertiary/aromatic N) is 1. The fourth-order valence-electron chi connectivity index (χ4n) is 3.44. The second-order valence-corrected chi connectivity index (χ2v) is 7.62. The van der Waals surface area contributed by atoms with Crippen LogP contribution in [0.25, 0.3) is 33.7 Å². The van der Waals surface area contributed by atoms with Gasteiger partial charge < -0.3 is 9.52 Å². The van der Waals surface area contributed by atoms with Gasteiger partial charge in [-0.3, -0.25) is 9.78 Å². The van der Waals surface area contributed by atoms with Crippen molar-refractivity contribution in [2.75, 3.05) is 0 Å². The molecular weight excluding hydrogens is 579 g/mol. The maximum absolute atomic E-state index is 10.0. The van der Waals surface area contributed by atoms with E-state index in [1.165, 1.54) is 25.5 Å². The van der Waals surface area contributed by atoms with Gasteiger partial charge in [0, 0.05) is 42.7 Å². The van der Waals surface area contributed by atoms with Crippen LogP contribution in [-0.2, 0) is 24.9 Å². The number of hydrogen-bond acceptors (Lipinski definition) is 4. The number of fused-ring (bicyclic) bond motifs is 1. The Kier molecular flexibility index (Phi) is 8.71. The van der Waals surface area contributed by atoms with Crippen LogP contribution in [0.15, 0.2) is 70.8 Å². The molecule has 0 atom stereocenters. The third kappa shape index (κ3) is 6.25. The molecule has 167 valence electrons. The number of aliphatic hydroxyl groups is 1. The van der Waals surface area contributed by atoms with Crippen molar-refractivity contribution < 1.29 is 34.4 Å². The van der Waals surface area contributed by atoms with Gasteiger partial charge in [-0.15, -0.1) is 34.9 Å². The number of carbonyl (C=O) groups excluding carboxylic acids is 1. The Labute approximate surface area is 202 Å². The minimum Gasteiger partial charge on any atom is -0.512 e. The largest absolute Gasteiger partial charge is 0.512 e. The van der Waals surface area contributed by atoms with Gasteiger partial charge in [0.1, 0.15) is 5.76 Å². The molecule has 0 unspecified atom stereocenters. The van der Waals surface area contributed by atoms with Crippen LogP contribution in [-0.4, -0.2) is 15.9 Å². The predicted octanol–water partition coefficient (Wildman–Crippen LogP) is 6.92. The minimum absolute atomic E-state index is 0. The average Bonchev–Trinajstić information content (AvgIpc) is 3.03. The van der Waals surface area contributed by atoms with Gasteiger partial charge in [-0.2, -0.15) is 0 Å². The van der Waals surface area contributed by atoms with Crippen molar-refractivity contribution in [3.63, 3.8) is 0 Å². The van der Waals surface area contributed by atoms with Crippen LogP contribution >= 0.6 is 0 Å². The molecule has 0 aliphatic rings. The van der Waals surface area contributed by atoms with Crippen molar-refractivity contribution in [1.82, 2.24) is 4.98 Å². The first kappa shape index (κ1) is 25.3. The molecule has 5 heteroatoms. The van der Waals surface area contributed by atoms with Crippen molar-refractivity contribution in [3.8, 4) is 22.6 Å². The topological polar surface area (TPSA) is 63.3 Å². The van der Waals surface area contributed by atoms with Crippen LogP contribution < -0.4 is 0 Å². The van der Waals surface area contributed by atoms with Crippen LogP contribution in [0.1, 0.15) is 30.5 Å². The molecule has 0 aliphatic heterocycles. The molecular formula is C27H26IrNO3-. The van der Waals surface area contributed by atoms with Gasteiger partial charge in [0.05, 0.1) is 5.76 Å². The Morgan fingerprint density at radius 1 is 1.03 bits per heavy atom. The Balaban J connectivity index is 0.000000398. The van der Waals surface area contributed by atoms with E-state index in [-0.39, 0.29) is 31.6 Å². The van der Waals surface area contributed by atoms with Gasteiger partial charge in [-0.05, 0) is 26.5 Å². The van der Waals surface area contributed by atoms with E-state index >= 15 is 0 Å². The summed E-state index contributed by atoms with van der Waals surface area (Å²) in [5, 5.41) is 9.42. The Bertz CT molecular complexity index is 1230. The molecule has 0 saturated heterocycles. The number of allylic oxidation sites excluding steroid dienone is 2. The van der Waals surface area contributed by atoms with Crippen LogP contribution in [0.5, 0.6) is 0 Å². The first-order valence-corrected chi connectivity index (χ1v) is 10.1. The van der Waals surface area contributed by atoms with Gasteiger partial charge in [0.2, 0.25) is 5.71 Å². The zero-order valence-electron chi connectivity index (χ0n) is 18.8. The second-order valence-electron chi connectivity index (χ2n) is 7.62. The number of carbonyl (C=O) groups is 1. The monoisotopic (exact) mass is 605 g/mol. The quantitative estimate of drug-likeness (QED) is 0.157. The van der Waals surface area contributed by atoms with Gasteiger partial charge in [0.15, 0.2) is 5.78 Å². The van der Waals surface area contributed by atoms with Gasteiger partial charge in [0.25, 0.3) is 0 Å². The van der Waals surface area contributed by atoms with Gasteiger partial charge in [-0.1, -0.05) is 56.3 Å². The molecule has 4 nitrogen and oxygen atoms in total. The zero-order chi connectivity index (χ0) is 22.5. The van der Waals surface area contributed by atoms with Crippen molar-refractivity contribution >= 4 is 16.9 Å². The average molecular weight is 605 g/mol. The molecule has 2 aromatic carbocycles. The second kappa shape index (κ2) is 11.0. The number of benzene rings is 2. The molecule has 0 aliphatic carbocycles. The van der Waals surface area contributed by atoms with E-state index in [1.54, 1.807) is 0 Å². The molecule has 1 radical (unpaired) electrons. The number of aliphatic hydroxyl groups excluding tert-OH is 1. The smallest absolute Gasteiger partial charge is 0.218 e. The fourth-order valence-corrected chi connectivity index (χ4v) is 3.44.